The molecule has 8 heteroatoms. The van der Waals surface area contributed by atoms with Gasteiger partial charge in [0.25, 0.3) is 10.2 Å². The molecule has 0 heterocycles. The minimum atomic E-state index is -3.86. The van der Waals surface area contributed by atoms with Gasteiger partial charge < -0.3 is 9.47 Å². The summed E-state index contributed by atoms with van der Waals surface area (Å²) < 4.78 is 29.9. The highest BCUT2D eigenvalue weighted by molar-refractivity contribution is 7.87. The van der Waals surface area contributed by atoms with Crippen molar-refractivity contribution in [2.75, 3.05) is 20.8 Å². The second-order valence-electron chi connectivity index (χ2n) is 1.87. The molecule has 0 aliphatic heterocycles. The summed E-state index contributed by atoms with van der Waals surface area (Å²) in [6, 6.07) is 0. The molecule has 0 saturated heterocycles. The van der Waals surface area contributed by atoms with Gasteiger partial charge in [0.05, 0.1) is 6.61 Å². The molecule has 0 rings (SSSR count). The molecular weight excluding hydrogens is 188 g/mol. The fraction of sp³-hybridized carbons (Fsp3) is 1.00. The number of methoxy groups -OCH3 is 2. The van der Waals surface area contributed by atoms with Gasteiger partial charge in [0.1, 0.15) is 0 Å². The standard InChI is InChI=1S/C4H12N2O5S/c1-9-3-4(10-2)11-6-12(5,7)8/h4,6H,3H2,1-2H3,(H2,5,7,8). The first-order valence-electron chi connectivity index (χ1n) is 2.96. The van der Waals surface area contributed by atoms with Crippen LogP contribution in [0.4, 0.5) is 0 Å². The normalized spacial score (nSPS) is 14.6. The van der Waals surface area contributed by atoms with Gasteiger partial charge in [0.15, 0.2) is 0 Å². The van der Waals surface area contributed by atoms with Gasteiger partial charge in [-0.1, -0.05) is 4.89 Å². The summed E-state index contributed by atoms with van der Waals surface area (Å²) in [6.07, 6.45) is -0.812. The van der Waals surface area contributed by atoms with E-state index < -0.39 is 16.5 Å². The first-order chi connectivity index (χ1) is 5.49. The Balaban J connectivity index is 3.73. The first-order valence-corrected chi connectivity index (χ1v) is 4.51. The molecule has 0 amide bonds. The van der Waals surface area contributed by atoms with Crippen LogP contribution in [-0.2, 0) is 24.5 Å². The van der Waals surface area contributed by atoms with Gasteiger partial charge in [-0.15, -0.1) is 0 Å². The third kappa shape index (κ3) is 6.46. The first kappa shape index (κ1) is 11.8. The molecule has 74 valence electrons. The van der Waals surface area contributed by atoms with Crippen molar-refractivity contribution >= 4 is 10.2 Å². The highest BCUT2D eigenvalue weighted by atomic mass is 32.2. The van der Waals surface area contributed by atoms with Crippen molar-refractivity contribution < 1.29 is 22.7 Å². The van der Waals surface area contributed by atoms with Gasteiger partial charge in [-0.2, -0.15) is 8.42 Å². The van der Waals surface area contributed by atoms with Crippen LogP contribution in [0, 0.1) is 0 Å². The molecule has 0 aliphatic rings. The molecule has 1 unspecified atom stereocenters. The summed E-state index contributed by atoms with van der Waals surface area (Å²) in [5.74, 6) is 0. The van der Waals surface area contributed by atoms with E-state index in [0.29, 0.717) is 0 Å². The van der Waals surface area contributed by atoms with Gasteiger partial charge in [-0.3, -0.25) is 4.84 Å². The number of nitrogens with two attached hydrogens (primary N) is 1. The van der Waals surface area contributed by atoms with Crippen molar-refractivity contribution in [2.24, 2.45) is 5.14 Å². The lowest BCUT2D eigenvalue weighted by Crippen LogP contribution is -2.37. The SMILES string of the molecule is COCC(OC)ONS(N)(=O)=O. The molecular formula is C4H12N2O5S. The summed E-state index contributed by atoms with van der Waals surface area (Å²) in [7, 11) is -1.09. The lowest BCUT2D eigenvalue weighted by molar-refractivity contribution is -0.169. The smallest absolute Gasteiger partial charge is 0.296 e. The third-order valence-electron chi connectivity index (χ3n) is 0.861. The molecule has 0 aromatic carbocycles. The van der Waals surface area contributed by atoms with Crippen LogP contribution in [0.15, 0.2) is 0 Å². The Hall–Kier alpha value is -0.250. The average molecular weight is 200 g/mol. The average Bonchev–Trinajstić information content (AvgIpc) is 1.96. The summed E-state index contributed by atoms with van der Waals surface area (Å²) in [6.45, 7) is 0.0963. The maximum atomic E-state index is 10.3. The number of nitrogens with one attached hydrogen (secondary N) is 1. The van der Waals surface area contributed by atoms with E-state index in [1.165, 1.54) is 14.2 Å². The molecule has 0 aliphatic carbocycles. The summed E-state index contributed by atoms with van der Waals surface area (Å²) in [4.78, 5) is 6.09. The quantitative estimate of drug-likeness (QED) is 0.394. The third-order valence-corrected chi connectivity index (χ3v) is 1.19. The predicted molar refractivity (Wildman–Crippen MR) is 40.0 cm³/mol. The summed E-state index contributed by atoms with van der Waals surface area (Å²) in [5, 5.41) is 4.57. The lowest BCUT2D eigenvalue weighted by Gasteiger charge is -2.13. The molecule has 0 spiro atoms. The Bertz CT molecular complexity index is 203. The van der Waals surface area contributed by atoms with Crippen LogP contribution in [0.3, 0.4) is 0 Å². The van der Waals surface area contributed by atoms with Gasteiger partial charge in [-0.05, 0) is 0 Å². The van der Waals surface area contributed by atoms with Crippen molar-refractivity contribution in [3.8, 4) is 0 Å². The topological polar surface area (TPSA) is 99.9 Å². The van der Waals surface area contributed by atoms with E-state index in [-0.39, 0.29) is 6.61 Å². The monoisotopic (exact) mass is 200 g/mol. The van der Waals surface area contributed by atoms with Crippen LogP contribution < -0.4 is 10.0 Å². The Kier molecular flexibility index (Phi) is 5.29. The van der Waals surface area contributed by atoms with E-state index in [9.17, 15) is 8.42 Å². The molecule has 3 N–H and O–H groups in total. The van der Waals surface area contributed by atoms with Crippen LogP contribution in [-0.4, -0.2) is 35.5 Å². The zero-order valence-electron chi connectivity index (χ0n) is 6.81. The van der Waals surface area contributed by atoms with Crippen LogP contribution in [0.25, 0.3) is 0 Å². The van der Waals surface area contributed by atoms with Gasteiger partial charge in [0, 0.05) is 14.2 Å². The van der Waals surface area contributed by atoms with E-state index in [4.69, 9.17) is 0 Å². The van der Waals surface area contributed by atoms with Crippen LogP contribution in [0.5, 0.6) is 0 Å². The Morgan fingerprint density at radius 3 is 2.42 bits per heavy atom. The molecule has 0 aromatic rings. The predicted octanol–water partition coefficient (Wildman–Crippen LogP) is -1.67. The van der Waals surface area contributed by atoms with Crippen molar-refractivity contribution in [1.29, 1.82) is 0 Å². The van der Waals surface area contributed by atoms with Gasteiger partial charge in [0.2, 0.25) is 6.29 Å². The van der Waals surface area contributed by atoms with Crippen LogP contribution in [0.2, 0.25) is 0 Å². The fourth-order valence-corrected chi connectivity index (χ4v) is 0.648. The molecule has 0 bridgehead atoms. The Morgan fingerprint density at radius 2 is 2.08 bits per heavy atom. The number of hydrogen-bond donors (Lipinski definition) is 2. The van der Waals surface area contributed by atoms with Crippen molar-refractivity contribution in [3.63, 3.8) is 0 Å². The highest BCUT2D eigenvalue weighted by Crippen LogP contribution is 1.90. The van der Waals surface area contributed by atoms with Crippen molar-refractivity contribution in [1.82, 2.24) is 4.89 Å². The largest absolute Gasteiger partial charge is 0.379 e. The van der Waals surface area contributed by atoms with Gasteiger partial charge in [-0.25, -0.2) is 5.14 Å². The molecule has 0 saturated carbocycles. The van der Waals surface area contributed by atoms with Gasteiger partial charge >= 0.3 is 0 Å². The molecule has 12 heavy (non-hydrogen) atoms. The zero-order valence-corrected chi connectivity index (χ0v) is 7.63. The van der Waals surface area contributed by atoms with E-state index in [1.54, 1.807) is 4.89 Å². The lowest BCUT2D eigenvalue weighted by atomic mass is 10.7. The minimum absolute atomic E-state index is 0.0963. The van der Waals surface area contributed by atoms with E-state index in [0.717, 1.165) is 0 Å². The molecule has 0 aromatic heterocycles. The maximum absolute atomic E-state index is 10.3. The molecule has 0 fully saturated rings. The molecule has 0 radical (unpaired) electrons. The van der Waals surface area contributed by atoms with Crippen LogP contribution >= 0.6 is 0 Å². The van der Waals surface area contributed by atoms with E-state index in [2.05, 4.69) is 19.5 Å². The van der Waals surface area contributed by atoms with E-state index in [1.807, 2.05) is 0 Å². The van der Waals surface area contributed by atoms with Crippen molar-refractivity contribution in [3.05, 3.63) is 0 Å². The van der Waals surface area contributed by atoms with E-state index >= 15 is 0 Å². The summed E-state index contributed by atoms with van der Waals surface area (Å²) >= 11 is 0. The highest BCUT2D eigenvalue weighted by Gasteiger charge is 2.10. The second-order valence-corrected chi connectivity index (χ2v) is 3.12. The zero-order chi connectivity index (χ0) is 9.61. The number of hydrogen-bond acceptors (Lipinski definition) is 5. The maximum Gasteiger partial charge on any atom is 0.296 e. The molecule has 7 nitrogen and oxygen atoms in total. The minimum Gasteiger partial charge on any atom is -0.379 e. The summed E-state index contributed by atoms with van der Waals surface area (Å²) in [5.41, 5.74) is 0. The Labute approximate surface area is 70.9 Å². The Morgan fingerprint density at radius 1 is 1.50 bits per heavy atom. The number of ether oxygens (including phenoxy) is 2. The number of rotatable bonds is 6. The van der Waals surface area contributed by atoms with Crippen LogP contribution in [0.1, 0.15) is 0 Å². The van der Waals surface area contributed by atoms with Crippen molar-refractivity contribution in [2.45, 2.75) is 6.29 Å². The molecule has 1 atom stereocenters. The second kappa shape index (κ2) is 5.41. The fourth-order valence-electron chi connectivity index (χ4n) is 0.407.